The normalized spacial score (nSPS) is 12.2. The molecule has 0 unspecified atom stereocenters. The summed E-state index contributed by atoms with van der Waals surface area (Å²) in [6.45, 7) is 12.8. The van der Waals surface area contributed by atoms with Crippen molar-refractivity contribution in [1.82, 2.24) is 0 Å². The molecule has 0 aliphatic rings. The summed E-state index contributed by atoms with van der Waals surface area (Å²) in [7, 11) is -3.94. The maximum atomic E-state index is 11.8. The average Bonchev–Trinajstić information content (AvgIpc) is 2.09. The van der Waals surface area contributed by atoms with Crippen LogP contribution >= 0.6 is 0 Å². The molecule has 0 aliphatic heterocycles. The zero-order valence-electron chi connectivity index (χ0n) is 13.5. The molecule has 0 fully saturated rings. The van der Waals surface area contributed by atoms with E-state index in [0.29, 0.717) is 0 Å². The van der Waals surface area contributed by atoms with Crippen LogP contribution in [0.3, 0.4) is 0 Å². The average molecular weight is 319 g/mol. The third-order valence-electron chi connectivity index (χ3n) is 2.24. The summed E-state index contributed by atoms with van der Waals surface area (Å²) in [5, 5.41) is 0. The van der Waals surface area contributed by atoms with E-state index in [9.17, 15) is 14.4 Å². The third-order valence-corrected chi connectivity index (χ3v) is 3.92. The van der Waals surface area contributed by atoms with Crippen molar-refractivity contribution in [3.63, 3.8) is 0 Å². The second kappa shape index (κ2) is 7.17. The number of carbonyl (C=O) groups excluding carboxylic acids is 3. The molecule has 0 rings (SSSR count). The van der Waals surface area contributed by atoms with Crippen molar-refractivity contribution >= 4 is 34.4 Å². The van der Waals surface area contributed by atoms with E-state index < -0.39 is 34.5 Å². The maximum Gasteiger partial charge on any atom is 0.293 e. The van der Waals surface area contributed by atoms with E-state index in [2.05, 4.69) is 0 Å². The first-order valence-corrected chi connectivity index (χ1v) is 13.6. The number of rotatable bonds is 7. The Hall–Kier alpha value is -0.956. The van der Waals surface area contributed by atoms with Crippen molar-refractivity contribution in [3.8, 4) is 0 Å². The van der Waals surface area contributed by atoms with Gasteiger partial charge in [0.15, 0.2) is 0 Å². The van der Waals surface area contributed by atoms with Gasteiger partial charge in [-0.3, -0.25) is 14.4 Å². The van der Waals surface area contributed by atoms with Gasteiger partial charge in [-0.25, -0.2) is 0 Å². The fourth-order valence-corrected chi connectivity index (χ4v) is 3.06. The van der Waals surface area contributed by atoms with Gasteiger partial charge in [-0.15, -0.1) is 0 Å². The minimum absolute atomic E-state index is 0.0552. The number of hydrogen-bond donors (Lipinski definition) is 0. The van der Waals surface area contributed by atoms with E-state index in [0.717, 1.165) is 0 Å². The van der Waals surface area contributed by atoms with Gasteiger partial charge in [0, 0.05) is 5.92 Å². The first-order chi connectivity index (χ1) is 8.80. The van der Waals surface area contributed by atoms with Gasteiger partial charge >= 0.3 is 0 Å². The molecule has 5 nitrogen and oxygen atoms in total. The zero-order valence-corrected chi connectivity index (χ0v) is 15.5. The van der Waals surface area contributed by atoms with Crippen LogP contribution in [0.2, 0.25) is 39.3 Å². The monoisotopic (exact) mass is 318 g/mol. The Morgan fingerprint density at radius 3 is 1.30 bits per heavy atom. The molecule has 0 radical (unpaired) electrons. The van der Waals surface area contributed by atoms with Crippen molar-refractivity contribution in [1.29, 1.82) is 0 Å². The van der Waals surface area contributed by atoms with E-state index in [1.807, 2.05) is 39.3 Å². The van der Waals surface area contributed by atoms with Gasteiger partial charge in [0.25, 0.3) is 11.9 Å². The second-order valence-corrected chi connectivity index (χ2v) is 15.7. The summed E-state index contributed by atoms with van der Waals surface area (Å²) >= 11 is 0. The van der Waals surface area contributed by atoms with Crippen molar-refractivity contribution < 1.29 is 23.2 Å². The molecule has 0 N–H and O–H groups in total. The molecule has 0 saturated heterocycles. The van der Waals surface area contributed by atoms with Crippen LogP contribution < -0.4 is 0 Å². The summed E-state index contributed by atoms with van der Waals surface area (Å²) in [5.41, 5.74) is 0. The molecule has 116 valence electrons. The van der Waals surface area contributed by atoms with Crippen LogP contribution in [-0.2, 0) is 23.2 Å². The summed E-state index contributed by atoms with van der Waals surface area (Å²) in [4.78, 5) is 35.1. The Balaban J connectivity index is 4.56. The van der Waals surface area contributed by atoms with Gasteiger partial charge in [0.1, 0.15) is 5.78 Å². The van der Waals surface area contributed by atoms with Crippen LogP contribution in [0.4, 0.5) is 0 Å². The lowest BCUT2D eigenvalue weighted by molar-refractivity contribution is -0.142. The SMILES string of the molecule is CC(=O)C(CC(=O)O[Si](C)(C)C)CC(=O)O[Si](C)(C)C. The second-order valence-electron chi connectivity index (χ2n) is 6.89. The maximum absolute atomic E-state index is 11.8. The number of Topliss-reactive ketones (excluding diaryl/α,β-unsaturated/α-hetero) is 1. The summed E-state index contributed by atoms with van der Waals surface area (Å²) < 4.78 is 10.6. The van der Waals surface area contributed by atoms with Crippen LogP contribution in [0, 0.1) is 5.92 Å². The quantitative estimate of drug-likeness (QED) is 0.675. The Kier molecular flexibility index (Phi) is 6.82. The van der Waals surface area contributed by atoms with Crippen LogP contribution in [-0.4, -0.2) is 34.4 Å². The minimum Gasteiger partial charge on any atom is -0.520 e. The Morgan fingerprint density at radius 1 is 0.800 bits per heavy atom. The Morgan fingerprint density at radius 2 is 1.10 bits per heavy atom. The van der Waals surface area contributed by atoms with Crippen molar-refractivity contribution in [2.24, 2.45) is 5.92 Å². The molecule has 0 amide bonds. The highest BCUT2D eigenvalue weighted by atomic mass is 28.4. The topological polar surface area (TPSA) is 69.7 Å². The van der Waals surface area contributed by atoms with Crippen molar-refractivity contribution in [2.75, 3.05) is 0 Å². The summed E-state index contributed by atoms with van der Waals surface area (Å²) in [6, 6.07) is 0. The van der Waals surface area contributed by atoms with Crippen LogP contribution in [0.15, 0.2) is 0 Å². The number of carbonyl (C=O) groups is 3. The lowest BCUT2D eigenvalue weighted by atomic mass is 9.97. The first kappa shape index (κ1) is 19.0. The smallest absolute Gasteiger partial charge is 0.293 e. The van der Waals surface area contributed by atoms with Gasteiger partial charge < -0.3 is 8.85 Å². The van der Waals surface area contributed by atoms with Crippen LogP contribution in [0.5, 0.6) is 0 Å². The lowest BCUT2D eigenvalue weighted by Crippen LogP contribution is -2.33. The molecule has 0 heterocycles. The van der Waals surface area contributed by atoms with Crippen LogP contribution in [0.25, 0.3) is 0 Å². The lowest BCUT2D eigenvalue weighted by Gasteiger charge is -2.21. The van der Waals surface area contributed by atoms with Gasteiger partial charge in [0.2, 0.25) is 16.6 Å². The van der Waals surface area contributed by atoms with Crippen molar-refractivity contribution in [3.05, 3.63) is 0 Å². The van der Waals surface area contributed by atoms with Crippen molar-refractivity contribution in [2.45, 2.75) is 59.0 Å². The predicted octanol–water partition coefficient (Wildman–Crippen LogP) is 2.73. The summed E-state index contributed by atoms with van der Waals surface area (Å²) in [6.07, 6.45) is -0.110. The van der Waals surface area contributed by atoms with Crippen LogP contribution in [0.1, 0.15) is 19.8 Å². The predicted molar refractivity (Wildman–Crippen MR) is 82.3 cm³/mol. The molecule has 0 saturated carbocycles. The fraction of sp³-hybridized carbons (Fsp3) is 0.769. The highest BCUT2D eigenvalue weighted by Crippen LogP contribution is 2.16. The molecular weight excluding hydrogens is 292 g/mol. The molecule has 7 heteroatoms. The molecule has 0 atom stereocenters. The standard InChI is InChI=1S/C13H26O5Si2/c1-10(14)11(8-12(15)17-19(2,3)4)9-13(16)18-20(5,6)7/h11H,8-9H2,1-7H3. The zero-order chi connectivity index (χ0) is 16.1. The highest BCUT2D eigenvalue weighted by molar-refractivity contribution is 6.71. The number of hydrogen-bond acceptors (Lipinski definition) is 5. The molecule has 0 aromatic rings. The van der Waals surface area contributed by atoms with E-state index in [-0.39, 0.29) is 18.6 Å². The largest absolute Gasteiger partial charge is 0.520 e. The Labute approximate surface area is 123 Å². The van der Waals surface area contributed by atoms with Gasteiger partial charge in [-0.05, 0) is 46.2 Å². The Bertz CT molecular complexity index is 349. The van der Waals surface area contributed by atoms with E-state index in [1.165, 1.54) is 6.92 Å². The van der Waals surface area contributed by atoms with E-state index in [4.69, 9.17) is 8.85 Å². The highest BCUT2D eigenvalue weighted by Gasteiger charge is 2.28. The molecule has 0 aliphatic carbocycles. The summed E-state index contributed by atoms with van der Waals surface area (Å²) in [5.74, 6) is -1.66. The van der Waals surface area contributed by atoms with Gasteiger partial charge in [-0.1, -0.05) is 0 Å². The third kappa shape index (κ3) is 9.91. The molecule has 20 heavy (non-hydrogen) atoms. The minimum atomic E-state index is -1.97. The number of ketones is 1. The first-order valence-electron chi connectivity index (χ1n) is 6.74. The molecule has 0 bridgehead atoms. The van der Waals surface area contributed by atoms with Gasteiger partial charge in [0.05, 0.1) is 12.8 Å². The van der Waals surface area contributed by atoms with E-state index in [1.54, 1.807) is 0 Å². The van der Waals surface area contributed by atoms with Gasteiger partial charge in [-0.2, -0.15) is 0 Å². The molecule has 0 aromatic heterocycles. The molecule has 0 aromatic carbocycles. The fourth-order valence-electron chi connectivity index (χ4n) is 1.53. The molecule has 0 spiro atoms. The van der Waals surface area contributed by atoms with E-state index >= 15 is 0 Å². The molecular formula is C13H26O5Si2.